The van der Waals surface area contributed by atoms with E-state index in [1.54, 1.807) is 0 Å². The lowest BCUT2D eigenvalue weighted by molar-refractivity contribution is -0.144. The number of rotatable bonds is 11. The molecular formula is C17H29NO5. The molecule has 0 radical (unpaired) electrons. The Morgan fingerprint density at radius 3 is 2.52 bits per heavy atom. The lowest BCUT2D eigenvalue weighted by Gasteiger charge is -2.26. The fourth-order valence-corrected chi connectivity index (χ4v) is 2.58. The molecule has 0 aliphatic carbocycles. The van der Waals surface area contributed by atoms with Crippen molar-refractivity contribution < 1.29 is 24.2 Å². The van der Waals surface area contributed by atoms with Gasteiger partial charge >= 0.3 is 11.9 Å². The number of esters is 1. The second kappa shape index (κ2) is 12.1. The SMILES string of the molecule is CCC(CCCCCCN1CCOCC1)OC(=O)C=CC(=O)O. The van der Waals surface area contributed by atoms with Crippen molar-refractivity contribution in [3.63, 3.8) is 0 Å². The summed E-state index contributed by atoms with van der Waals surface area (Å²) in [5.41, 5.74) is 0. The van der Waals surface area contributed by atoms with Crippen molar-refractivity contribution in [2.45, 2.75) is 51.6 Å². The second-order valence-corrected chi connectivity index (χ2v) is 5.80. The fourth-order valence-electron chi connectivity index (χ4n) is 2.58. The van der Waals surface area contributed by atoms with E-state index in [-0.39, 0.29) is 6.10 Å². The quantitative estimate of drug-likeness (QED) is 0.356. The van der Waals surface area contributed by atoms with Crippen LogP contribution in [0.25, 0.3) is 0 Å². The molecule has 1 N–H and O–H groups in total. The Morgan fingerprint density at radius 2 is 1.87 bits per heavy atom. The minimum atomic E-state index is -1.14. The first-order chi connectivity index (χ1) is 11.1. The molecule has 6 nitrogen and oxygen atoms in total. The third-order valence-corrected chi connectivity index (χ3v) is 3.95. The summed E-state index contributed by atoms with van der Waals surface area (Å²) in [6, 6.07) is 0. The molecule has 0 aromatic rings. The monoisotopic (exact) mass is 327 g/mol. The van der Waals surface area contributed by atoms with Gasteiger partial charge in [-0.25, -0.2) is 9.59 Å². The second-order valence-electron chi connectivity index (χ2n) is 5.80. The predicted molar refractivity (Wildman–Crippen MR) is 87.3 cm³/mol. The van der Waals surface area contributed by atoms with Crippen LogP contribution in [-0.4, -0.2) is 60.9 Å². The van der Waals surface area contributed by atoms with Crippen molar-refractivity contribution in [3.05, 3.63) is 12.2 Å². The molecule has 1 aliphatic heterocycles. The molecule has 1 rings (SSSR count). The molecule has 0 aromatic carbocycles. The third-order valence-electron chi connectivity index (χ3n) is 3.95. The van der Waals surface area contributed by atoms with Crippen molar-refractivity contribution in [2.75, 3.05) is 32.8 Å². The van der Waals surface area contributed by atoms with E-state index in [4.69, 9.17) is 14.6 Å². The van der Waals surface area contributed by atoms with Crippen LogP contribution in [0.1, 0.15) is 45.4 Å². The Kier molecular flexibility index (Phi) is 10.3. The molecular weight excluding hydrogens is 298 g/mol. The topological polar surface area (TPSA) is 76.1 Å². The first kappa shape index (κ1) is 19.6. The summed E-state index contributed by atoms with van der Waals surface area (Å²) in [4.78, 5) is 24.2. The maximum absolute atomic E-state index is 11.4. The third kappa shape index (κ3) is 10.1. The van der Waals surface area contributed by atoms with Crippen LogP contribution < -0.4 is 0 Å². The number of carboxylic acid groups (broad SMARTS) is 1. The van der Waals surface area contributed by atoms with Gasteiger partial charge in [0.05, 0.1) is 13.2 Å². The van der Waals surface area contributed by atoms with Crippen LogP contribution in [0.4, 0.5) is 0 Å². The summed E-state index contributed by atoms with van der Waals surface area (Å²) >= 11 is 0. The molecule has 1 fully saturated rings. The van der Waals surface area contributed by atoms with Crippen molar-refractivity contribution in [3.8, 4) is 0 Å². The molecule has 0 aromatic heterocycles. The van der Waals surface area contributed by atoms with Crippen LogP contribution in [0.15, 0.2) is 12.2 Å². The summed E-state index contributed by atoms with van der Waals surface area (Å²) in [6.45, 7) is 6.88. The van der Waals surface area contributed by atoms with Crippen LogP contribution in [-0.2, 0) is 19.1 Å². The number of carbonyl (C=O) groups excluding carboxylic acids is 1. The Hall–Kier alpha value is -1.40. The molecule has 23 heavy (non-hydrogen) atoms. The first-order valence-corrected chi connectivity index (χ1v) is 8.53. The average molecular weight is 327 g/mol. The molecule has 1 atom stereocenters. The largest absolute Gasteiger partial charge is 0.478 e. The Balaban J connectivity index is 2.05. The van der Waals surface area contributed by atoms with Gasteiger partial charge in [-0.1, -0.05) is 19.8 Å². The number of carboxylic acids is 1. The van der Waals surface area contributed by atoms with E-state index in [1.807, 2.05) is 6.92 Å². The zero-order valence-corrected chi connectivity index (χ0v) is 14.0. The van der Waals surface area contributed by atoms with Gasteiger partial charge in [-0.15, -0.1) is 0 Å². The highest BCUT2D eigenvalue weighted by Crippen LogP contribution is 2.12. The summed E-state index contributed by atoms with van der Waals surface area (Å²) in [7, 11) is 0. The van der Waals surface area contributed by atoms with Gasteiger partial charge < -0.3 is 14.6 Å². The molecule has 6 heteroatoms. The predicted octanol–water partition coefficient (Wildman–Crippen LogP) is 2.23. The molecule has 1 saturated heterocycles. The smallest absolute Gasteiger partial charge is 0.331 e. The molecule has 1 aliphatic rings. The van der Waals surface area contributed by atoms with Gasteiger partial charge in [0.1, 0.15) is 6.10 Å². The summed E-state index contributed by atoms with van der Waals surface area (Å²) in [5, 5.41) is 8.47. The van der Waals surface area contributed by atoms with Gasteiger partial charge in [0, 0.05) is 25.2 Å². The number of nitrogens with zero attached hydrogens (tertiary/aromatic N) is 1. The lowest BCUT2D eigenvalue weighted by Crippen LogP contribution is -2.36. The number of ether oxygens (including phenoxy) is 2. The maximum Gasteiger partial charge on any atom is 0.331 e. The van der Waals surface area contributed by atoms with E-state index in [0.29, 0.717) is 0 Å². The number of carbonyl (C=O) groups is 2. The number of hydrogen-bond acceptors (Lipinski definition) is 5. The number of hydrogen-bond donors (Lipinski definition) is 1. The van der Waals surface area contributed by atoms with Gasteiger partial charge in [0.25, 0.3) is 0 Å². The molecule has 1 heterocycles. The van der Waals surface area contributed by atoms with Crippen LogP contribution in [0.5, 0.6) is 0 Å². The van der Waals surface area contributed by atoms with Crippen LogP contribution in [0.2, 0.25) is 0 Å². The fraction of sp³-hybridized carbons (Fsp3) is 0.765. The van der Waals surface area contributed by atoms with Gasteiger partial charge in [0.2, 0.25) is 0 Å². The summed E-state index contributed by atoms with van der Waals surface area (Å²) < 4.78 is 10.6. The minimum absolute atomic E-state index is 0.125. The number of aliphatic carboxylic acids is 1. The van der Waals surface area contributed by atoms with E-state index >= 15 is 0 Å². The van der Waals surface area contributed by atoms with E-state index in [9.17, 15) is 9.59 Å². The molecule has 0 bridgehead atoms. The van der Waals surface area contributed by atoms with Gasteiger partial charge in [-0.2, -0.15) is 0 Å². The van der Waals surface area contributed by atoms with Crippen LogP contribution in [0.3, 0.4) is 0 Å². The number of unbranched alkanes of at least 4 members (excludes halogenated alkanes) is 3. The van der Waals surface area contributed by atoms with E-state index in [0.717, 1.165) is 70.7 Å². The highest BCUT2D eigenvalue weighted by molar-refractivity contribution is 5.90. The van der Waals surface area contributed by atoms with Crippen LogP contribution in [0, 0.1) is 0 Å². The normalized spacial score (nSPS) is 17.3. The molecule has 0 amide bonds. The molecule has 132 valence electrons. The van der Waals surface area contributed by atoms with Gasteiger partial charge in [-0.3, -0.25) is 4.90 Å². The van der Waals surface area contributed by atoms with E-state index < -0.39 is 11.9 Å². The minimum Gasteiger partial charge on any atom is -0.478 e. The standard InChI is InChI=1S/C17H29NO5/c1-2-15(23-17(21)9-8-16(19)20)7-5-3-4-6-10-18-11-13-22-14-12-18/h8-9,15H,2-7,10-14H2,1H3,(H,19,20). The highest BCUT2D eigenvalue weighted by Gasteiger charge is 2.11. The Bertz CT molecular complexity index is 377. The Labute approximate surface area is 138 Å². The Morgan fingerprint density at radius 1 is 1.17 bits per heavy atom. The zero-order valence-electron chi connectivity index (χ0n) is 14.0. The summed E-state index contributed by atoms with van der Waals surface area (Å²) in [6.07, 6.45) is 7.76. The maximum atomic E-state index is 11.4. The summed E-state index contributed by atoms with van der Waals surface area (Å²) in [5.74, 6) is -1.72. The molecule has 1 unspecified atom stereocenters. The van der Waals surface area contributed by atoms with Gasteiger partial charge in [0.15, 0.2) is 0 Å². The zero-order chi connectivity index (χ0) is 16.9. The molecule has 0 spiro atoms. The van der Waals surface area contributed by atoms with Crippen molar-refractivity contribution in [2.24, 2.45) is 0 Å². The average Bonchev–Trinajstić information content (AvgIpc) is 2.55. The van der Waals surface area contributed by atoms with Crippen molar-refractivity contribution in [1.29, 1.82) is 0 Å². The van der Waals surface area contributed by atoms with Crippen molar-refractivity contribution >= 4 is 11.9 Å². The highest BCUT2D eigenvalue weighted by atomic mass is 16.5. The lowest BCUT2D eigenvalue weighted by atomic mass is 10.1. The van der Waals surface area contributed by atoms with E-state index in [2.05, 4.69) is 4.90 Å². The molecule has 0 saturated carbocycles. The first-order valence-electron chi connectivity index (χ1n) is 8.53. The van der Waals surface area contributed by atoms with E-state index in [1.165, 1.54) is 12.8 Å². The van der Waals surface area contributed by atoms with Crippen LogP contribution >= 0.6 is 0 Å². The van der Waals surface area contributed by atoms with Crippen molar-refractivity contribution in [1.82, 2.24) is 4.90 Å². The number of morpholine rings is 1. The van der Waals surface area contributed by atoms with Gasteiger partial charge in [-0.05, 0) is 32.2 Å².